The third-order valence-corrected chi connectivity index (χ3v) is 5.09. The van der Waals surface area contributed by atoms with Crippen LogP contribution in [0, 0.1) is 0 Å². The molecule has 4 rings (SSSR count). The lowest BCUT2D eigenvalue weighted by atomic mass is 9.91. The summed E-state index contributed by atoms with van der Waals surface area (Å²) in [4.78, 5) is 14.4. The number of cyclic esters (lactones) is 1. The van der Waals surface area contributed by atoms with Crippen molar-refractivity contribution in [1.29, 1.82) is 0 Å². The predicted molar refractivity (Wildman–Crippen MR) is 106 cm³/mol. The number of benzene rings is 3. The van der Waals surface area contributed by atoms with E-state index in [1.54, 1.807) is 17.0 Å². The van der Waals surface area contributed by atoms with Crippen LogP contribution in [0.25, 0.3) is 11.1 Å². The molecule has 1 fully saturated rings. The number of carbonyl (C=O) groups is 1. The van der Waals surface area contributed by atoms with E-state index >= 15 is 0 Å². The number of phenols is 1. The molecule has 0 aliphatic carbocycles. The molecule has 3 aromatic carbocycles. The lowest BCUT2D eigenvalue weighted by Gasteiger charge is -2.39. The van der Waals surface area contributed by atoms with Gasteiger partial charge in [0.25, 0.3) is 0 Å². The van der Waals surface area contributed by atoms with Crippen LogP contribution in [0.4, 0.5) is 10.5 Å². The van der Waals surface area contributed by atoms with Crippen molar-refractivity contribution >= 4 is 11.8 Å². The Morgan fingerprint density at radius 3 is 2.37 bits per heavy atom. The van der Waals surface area contributed by atoms with Crippen molar-refractivity contribution in [3.63, 3.8) is 0 Å². The van der Waals surface area contributed by atoms with Crippen LogP contribution < -0.4 is 4.90 Å². The molecule has 1 amide bonds. The molecular weight excluding hydrogens is 338 g/mol. The lowest BCUT2D eigenvalue weighted by molar-refractivity contribution is 0.00583. The summed E-state index contributed by atoms with van der Waals surface area (Å²) in [6, 6.07) is 24.7. The summed E-state index contributed by atoms with van der Waals surface area (Å²) in [5.41, 5.74) is 3.17. The second-order valence-electron chi connectivity index (χ2n) is 6.96. The standard InChI is InChI=1S/C23H21NO3/c1-23(19-7-3-2-4-8-19)14-15-24(22(26)27-23)20-9-5-6-18(16-20)17-10-12-21(25)13-11-17/h2-13,16,25H,14-15H2,1H3. The van der Waals surface area contributed by atoms with Gasteiger partial charge in [-0.2, -0.15) is 0 Å². The van der Waals surface area contributed by atoms with Crippen LogP contribution in [0.2, 0.25) is 0 Å². The minimum Gasteiger partial charge on any atom is -0.508 e. The highest BCUT2D eigenvalue weighted by molar-refractivity contribution is 5.89. The Labute approximate surface area is 158 Å². The Kier molecular flexibility index (Phi) is 4.32. The van der Waals surface area contributed by atoms with E-state index < -0.39 is 5.60 Å². The fourth-order valence-corrected chi connectivity index (χ4v) is 3.45. The second kappa shape index (κ2) is 6.80. The van der Waals surface area contributed by atoms with Gasteiger partial charge in [-0.25, -0.2) is 4.79 Å². The highest BCUT2D eigenvalue weighted by Crippen LogP contribution is 2.36. The Morgan fingerprint density at radius 2 is 1.67 bits per heavy atom. The smallest absolute Gasteiger partial charge is 0.415 e. The molecule has 4 heteroatoms. The van der Waals surface area contributed by atoms with Crippen LogP contribution in [0.1, 0.15) is 18.9 Å². The van der Waals surface area contributed by atoms with E-state index in [-0.39, 0.29) is 11.8 Å². The van der Waals surface area contributed by atoms with Crippen LogP contribution in [-0.4, -0.2) is 17.7 Å². The Bertz CT molecular complexity index is 953. The van der Waals surface area contributed by atoms with Crippen molar-refractivity contribution in [3.05, 3.63) is 84.4 Å². The fourth-order valence-electron chi connectivity index (χ4n) is 3.45. The minimum absolute atomic E-state index is 0.231. The zero-order chi connectivity index (χ0) is 18.9. The van der Waals surface area contributed by atoms with Crippen LogP contribution in [0.15, 0.2) is 78.9 Å². The summed E-state index contributed by atoms with van der Waals surface area (Å²) in [5, 5.41) is 9.47. The number of anilines is 1. The van der Waals surface area contributed by atoms with Gasteiger partial charge in [-0.1, -0.05) is 54.6 Å². The average molecular weight is 359 g/mol. The van der Waals surface area contributed by atoms with Crippen LogP contribution in [-0.2, 0) is 10.3 Å². The molecule has 1 saturated heterocycles. The Morgan fingerprint density at radius 1 is 0.926 bits per heavy atom. The van der Waals surface area contributed by atoms with E-state index in [1.165, 1.54) is 0 Å². The number of carbonyl (C=O) groups excluding carboxylic acids is 1. The first-order valence-corrected chi connectivity index (χ1v) is 9.01. The van der Waals surface area contributed by atoms with Crippen molar-refractivity contribution in [1.82, 2.24) is 0 Å². The molecule has 3 aromatic rings. The molecule has 1 N–H and O–H groups in total. The number of phenolic OH excluding ortho intramolecular Hbond substituents is 1. The van der Waals surface area contributed by atoms with Gasteiger partial charge in [0, 0.05) is 18.7 Å². The first kappa shape index (κ1) is 17.2. The van der Waals surface area contributed by atoms with Crippen molar-refractivity contribution in [3.8, 4) is 16.9 Å². The number of ether oxygens (including phenoxy) is 1. The molecule has 1 atom stereocenters. The molecule has 1 heterocycles. The van der Waals surface area contributed by atoms with Crippen LogP contribution in [0.3, 0.4) is 0 Å². The molecule has 0 saturated carbocycles. The maximum atomic E-state index is 12.7. The molecule has 0 aromatic heterocycles. The van der Waals surface area contributed by atoms with Gasteiger partial charge in [0.05, 0.1) is 0 Å². The van der Waals surface area contributed by atoms with Crippen molar-refractivity contribution in [2.75, 3.05) is 11.4 Å². The maximum Gasteiger partial charge on any atom is 0.415 e. The van der Waals surface area contributed by atoms with E-state index in [0.29, 0.717) is 13.0 Å². The molecule has 1 unspecified atom stereocenters. The van der Waals surface area contributed by atoms with Gasteiger partial charge >= 0.3 is 6.09 Å². The minimum atomic E-state index is -0.608. The van der Waals surface area contributed by atoms with Gasteiger partial charge in [-0.05, 0) is 47.9 Å². The number of nitrogens with zero attached hydrogens (tertiary/aromatic N) is 1. The third kappa shape index (κ3) is 3.38. The van der Waals surface area contributed by atoms with Gasteiger partial charge in [0.1, 0.15) is 11.4 Å². The van der Waals surface area contributed by atoms with Gasteiger partial charge in [-0.3, -0.25) is 4.90 Å². The summed E-state index contributed by atoms with van der Waals surface area (Å²) in [7, 11) is 0. The Balaban J connectivity index is 1.58. The number of rotatable bonds is 3. The zero-order valence-electron chi connectivity index (χ0n) is 15.1. The molecule has 27 heavy (non-hydrogen) atoms. The fraction of sp³-hybridized carbons (Fsp3) is 0.174. The lowest BCUT2D eigenvalue weighted by Crippen LogP contribution is -2.46. The third-order valence-electron chi connectivity index (χ3n) is 5.09. The predicted octanol–water partition coefficient (Wildman–Crippen LogP) is 5.32. The van der Waals surface area contributed by atoms with E-state index in [0.717, 1.165) is 22.4 Å². The topological polar surface area (TPSA) is 49.8 Å². The molecule has 0 spiro atoms. The monoisotopic (exact) mass is 359 g/mol. The van der Waals surface area contributed by atoms with Crippen LogP contribution >= 0.6 is 0 Å². The molecule has 0 radical (unpaired) electrons. The number of amides is 1. The summed E-state index contributed by atoms with van der Waals surface area (Å²) in [5.74, 6) is 0.231. The Hall–Kier alpha value is -3.27. The van der Waals surface area contributed by atoms with Gasteiger partial charge < -0.3 is 9.84 Å². The SMILES string of the molecule is CC1(c2ccccc2)CCN(c2cccc(-c3ccc(O)cc3)c2)C(=O)O1. The molecule has 4 nitrogen and oxygen atoms in total. The largest absolute Gasteiger partial charge is 0.508 e. The highest BCUT2D eigenvalue weighted by atomic mass is 16.6. The molecule has 0 bridgehead atoms. The summed E-state index contributed by atoms with van der Waals surface area (Å²) in [6.45, 7) is 2.55. The molecule has 1 aliphatic heterocycles. The van der Waals surface area contributed by atoms with E-state index in [9.17, 15) is 9.90 Å². The van der Waals surface area contributed by atoms with E-state index in [1.807, 2.05) is 73.7 Å². The molecule has 1 aliphatic rings. The first-order chi connectivity index (χ1) is 13.0. The van der Waals surface area contributed by atoms with E-state index in [4.69, 9.17) is 4.74 Å². The molecular formula is C23H21NO3. The first-order valence-electron chi connectivity index (χ1n) is 9.01. The number of hydrogen-bond acceptors (Lipinski definition) is 3. The maximum absolute atomic E-state index is 12.7. The second-order valence-corrected chi connectivity index (χ2v) is 6.96. The summed E-state index contributed by atoms with van der Waals surface area (Å²) >= 11 is 0. The van der Waals surface area contributed by atoms with Crippen molar-refractivity contribution in [2.45, 2.75) is 18.9 Å². The van der Waals surface area contributed by atoms with Gasteiger partial charge in [0.2, 0.25) is 0 Å². The van der Waals surface area contributed by atoms with Gasteiger partial charge in [-0.15, -0.1) is 0 Å². The number of aromatic hydroxyl groups is 1. The normalized spacial score (nSPS) is 19.6. The van der Waals surface area contributed by atoms with Gasteiger partial charge in [0.15, 0.2) is 0 Å². The average Bonchev–Trinajstić information content (AvgIpc) is 2.69. The summed E-state index contributed by atoms with van der Waals surface area (Å²) in [6.07, 6.45) is 0.377. The number of hydrogen-bond donors (Lipinski definition) is 1. The van der Waals surface area contributed by atoms with Crippen molar-refractivity contribution in [2.24, 2.45) is 0 Å². The van der Waals surface area contributed by atoms with Crippen molar-refractivity contribution < 1.29 is 14.6 Å². The van der Waals surface area contributed by atoms with E-state index in [2.05, 4.69) is 0 Å². The molecule has 136 valence electrons. The zero-order valence-corrected chi connectivity index (χ0v) is 15.1. The van der Waals surface area contributed by atoms with Crippen LogP contribution in [0.5, 0.6) is 5.75 Å². The highest BCUT2D eigenvalue weighted by Gasteiger charge is 2.38. The quantitative estimate of drug-likeness (QED) is 0.688. The summed E-state index contributed by atoms with van der Waals surface area (Å²) < 4.78 is 5.84.